The Kier molecular flexibility index (Phi) is 5.53. The van der Waals surface area contributed by atoms with Crippen LogP contribution < -0.4 is 10.1 Å². The Morgan fingerprint density at radius 1 is 1.14 bits per heavy atom. The molecule has 4 rings (SSSR count). The van der Waals surface area contributed by atoms with E-state index in [9.17, 15) is 13.6 Å². The standard InChI is InChI=1S/C22H18ClF2NO3/c23-15-6-8-19(28-12-13-4-5-13)14(10-15)11-16-7-9-20(29-16)22(27)26-21-17(24)2-1-3-18(21)25/h1-3,6-10,13H,4-5,11-12H2,(H,26,27). The van der Waals surface area contributed by atoms with E-state index in [1.807, 2.05) is 6.07 Å². The first kappa shape index (κ1) is 19.5. The van der Waals surface area contributed by atoms with Crippen molar-refractivity contribution in [3.05, 3.63) is 82.3 Å². The van der Waals surface area contributed by atoms with Crippen molar-refractivity contribution in [3.63, 3.8) is 0 Å². The number of ether oxygens (including phenoxy) is 1. The van der Waals surface area contributed by atoms with Crippen molar-refractivity contribution in [2.45, 2.75) is 19.3 Å². The predicted octanol–water partition coefficient (Wildman–Crippen LogP) is 5.84. The minimum absolute atomic E-state index is 0.0508. The Balaban J connectivity index is 1.48. The highest BCUT2D eigenvalue weighted by Gasteiger charge is 2.23. The van der Waals surface area contributed by atoms with Gasteiger partial charge in [-0.2, -0.15) is 0 Å². The van der Waals surface area contributed by atoms with E-state index in [1.54, 1.807) is 18.2 Å². The van der Waals surface area contributed by atoms with E-state index < -0.39 is 23.2 Å². The van der Waals surface area contributed by atoms with E-state index in [0.717, 1.165) is 23.4 Å². The molecule has 1 saturated carbocycles. The fourth-order valence-corrected chi connectivity index (χ4v) is 3.09. The van der Waals surface area contributed by atoms with Gasteiger partial charge in [-0.25, -0.2) is 8.78 Å². The van der Waals surface area contributed by atoms with Gasteiger partial charge in [0.05, 0.1) is 6.61 Å². The maximum Gasteiger partial charge on any atom is 0.291 e. The van der Waals surface area contributed by atoms with Gasteiger partial charge in [0.15, 0.2) is 5.76 Å². The van der Waals surface area contributed by atoms with Crippen LogP contribution >= 0.6 is 11.6 Å². The summed E-state index contributed by atoms with van der Waals surface area (Å²) in [6, 6.07) is 11.8. The number of furan rings is 1. The van der Waals surface area contributed by atoms with Crippen molar-refractivity contribution in [2.24, 2.45) is 5.92 Å². The van der Waals surface area contributed by atoms with Crippen LogP contribution in [0.1, 0.15) is 34.7 Å². The predicted molar refractivity (Wildman–Crippen MR) is 105 cm³/mol. The highest BCUT2D eigenvalue weighted by molar-refractivity contribution is 6.30. The second-order valence-corrected chi connectivity index (χ2v) is 7.44. The van der Waals surface area contributed by atoms with Crippen molar-refractivity contribution >= 4 is 23.2 Å². The molecule has 1 aliphatic rings. The Bertz CT molecular complexity index is 1030. The third-order valence-corrected chi connectivity index (χ3v) is 4.88. The van der Waals surface area contributed by atoms with Crippen LogP contribution in [-0.2, 0) is 6.42 Å². The summed E-state index contributed by atoms with van der Waals surface area (Å²) in [5.41, 5.74) is 0.320. The molecule has 0 aliphatic heterocycles. The number of halogens is 3. The summed E-state index contributed by atoms with van der Waals surface area (Å²) in [7, 11) is 0. The van der Waals surface area contributed by atoms with E-state index in [0.29, 0.717) is 29.7 Å². The summed E-state index contributed by atoms with van der Waals surface area (Å²) in [6.07, 6.45) is 2.73. The number of benzene rings is 2. The van der Waals surface area contributed by atoms with Crippen LogP contribution in [0.25, 0.3) is 0 Å². The van der Waals surface area contributed by atoms with Gasteiger partial charge in [-0.3, -0.25) is 4.79 Å². The Morgan fingerprint density at radius 2 is 1.90 bits per heavy atom. The molecule has 1 fully saturated rings. The SMILES string of the molecule is O=C(Nc1c(F)cccc1F)c1ccc(Cc2cc(Cl)ccc2OCC2CC2)o1. The molecule has 1 amide bonds. The van der Waals surface area contributed by atoms with Crippen LogP contribution in [0.3, 0.4) is 0 Å². The summed E-state index contributed by atoms with van der Waals surface area (Å²) in [4.78, 5) is 12.3. The zero-order valence-corrected chi connectivity index (χ0v) is 16.1. The van der Waals surface area contributed by atoms with Crippen molar-refractivity contribution < 1.29 is 22.7 Å². The number of hydrogen-bond donors (Lipinski definition) is 1. The van der Waals surface area contributed by atoms with Crippen LogP contribution in [0.4, 0.5) is 14.5 Å². The lowest BCUT2D eigenvalue weighted by Gasteiger charge is -2.11. The molecule has 0 unspecified atom stereocenters. The Morgan fingerprint density at radius 3 is 2.62 bits per heavy atom. The molecule has 1 N–H and O–H groups in total. The number of rotatable bonds is 7. The molecule has 0 atom stereocenters. The number of para-hydroxylation sites is 1. The lowest BCUT2D eigenvalue weighted by molar-refractivity contribution is 0.0994. The zero-order chi connectivity index (χ0) is 20.4. The van der Waals surface area contributed by atoms with Gasteiger partial charge in [0.25, 0.3) is 5.91 Å². The third kappa shape index (κ3) is 4.77. The molecular weight excluding hydrogens is 400 g/mol. The minimum atomic E-state index is -0.860. The summed E-state index contributed by atoms with van der Waals surface area (Å²) >= 11 is 6.11. The number of hydrogen-bond acceptors (Lipinski definition) is 3. The minimum Gasteiger partial charge on any atom is -0.493 e. The molecule has 29 heavy (non-hydrogen) atoms. The van der Waals surface area contributed by atoms with Crippen LogP contribution in [-0.4, -0.2) is 12.5 Å². The van der Waals surface area contributed by atoms with E-state index >= 15 is 0 Å². The van der Waals surface area contributed by atoms with Gasteiger partial charge in [0.1, 0.15) is 28.8 Å². The van der Waals surface area contributed by atoms with Crippen LogP contribution in [0, 0.1) is 17.6 Å². The van der Waals surface area contributed by atoms with Gasteiger partial charge in [-0.15, -0.1) is 0 Å². The highest BCUT2D eigenvalue weighted by atomic mass is 35.5. The zero-order valence-electron chi connectivity index (χ0n) is 15.4. The average Bonchev–Trinajstić information content (AvgIpc) is 3.40. The highest BCUT2D eigenvalue weighted by Crippen LogP contribution is 2.32. The van der Waals surface area contributed by atoms with E-state index in [2.05, 4.69) is 5.32 Å². The van der Waals surface area contributed by atoms with Crippen molar-refractivity contribution in [1.29, 1.82) is 0 Å². The molecule has 0 spiro atoms. The number of nitrogens with one attached hydrogen (secondary N) is 1. The smallest absolute Gasteiger partial charge is 0.291 e. The summed E-state index contributed by atoms with van der Waals surface area (Å²) in [6.45, 7) is 0.661. The molecule has 7 heteroatoms. The third-order valence-electron chi connectivity index (χ3n) is 4.65. The van der Waals surface area contributed by atoms with Gasteiger partial charge >= 0.3 is 0 Å². The maximum absolute atomic E-state index is 13.7. The number of anilines is 1. The fraction of sp³-hybridized carbons (Fsp3) is 0.227. The summed E-state index contributed by atoms with van der Waals surface area (Å²) in [5.74, 6) is -0.680. The topological polar surface area (TPSA) is 51.5 Å². The fourth-order valence-electron chi connectivity index (χ4n) is 2.89. The second kappa shape index (κ2) is 8.25. The Hall–Kier alpha value is -2.86. The number of carbonyl (C=O) groups is 1. The van der Waals surface area contributed by atoms with Gasteiger partial charge in [0.2, 0.25) is 0 Å². The average molecular weight is 418 g/mol. The van der Waals surface area contributed by atoms with Gasteiger partial charge in [-0.05, 0) is 61.2 Å². The molecule has 0 bridgehead atoms. The first-order valence-corrected chi connectivity index (χ1v) is 9.62. The first-order valence-electron chi connectivity index (χ1n) is 9.25. The van der Waals surface area contributed by atoms with Gasteiger partial charge in [0, 0.05) is 17.0 Å². The van der Waals surface area contributed by atoms with Crippen molar-refractivity contribution in [3.8, 4) is 5.75 Å². The van der Waals surface area contributed by atoms with E-state index in [4.69, 9.17) is 20.8 Å². The number of amides is 1. The Labute approximate surface area is 171 Å². The molecule has 0 radical (unpaired) electrons. The normalized spacial score (nSPS) is 13.3. The lowest BCUT2D eigenvalue weighted by Crippen LogP contribution is -2.13. The lowest BCUT2D eigenvalue weighted by atomic mass is 10.1. The maximum atomic E-state index is 13.7. The molecule has 1 aromatic heterocycles. The quantitative estimate of drug-likeness (QED) is 0.525. The van der Waals surface area contributed by atoms with E-state index in [1.165, 1.54) is 25.0 Å². The molecule has 1 heterocycles. The molecule has 1 aliphatic carbocycles. The molecule has 2 aromatic carbocycles. The van der Waals surface area contributed by atoms with E-state index in [-0.39, 0.29) is 5.76 Å². The van der Waals surface area contributed by atoms with Crippen molar-refractivity contribution in [2.75, 3.05) is 11.9 Å². The molecular formula is C22H18ClF2NO3. The number of carbonyl (C=O) groups excluding carboxylic acids is 1. The van der Waals surface area contributed by atoms with Crippen LogP contribution in [0.2, 0.25) is 5.02 Å². The molecule has 0 saturated heterocycles. The molecule has 150 valence electrons. The summed E-state index contributed by atoms with van der Waals surface area (Å²) in [5, 5.41) is 2.77. The summed E-state index contributed by atoms with van der Waals surface area (Å²) < 4.78 is 38.9. The van der Waals surface area contributed by atoms with Gasteiger partial charge in [-0.1, -0.05) is 17.7 Å². The van der Waals surface area contributed by atoms with Crippen molar-refractivity contribution in [1.82, 2.24) is 0 Å². The monoisotopic (exact) mass is 417 g/mol. The molecule has 4 nitrogen and oxygen atoms in total. The van der Waals surface area contributed by atoms with Crippen LogP contribution in [0.15, 0.2) is 52.9 Å². The first-order chi connectivity index (χ1) is 14.0. The molecule has 3 aromatic rings. The second-order valence-electron chi connectivity index (χ2n) is 7.00. The van der Waals surface area contributed by atoms with Gasteiger partial charge < -0.3 is 14.5 Å². The van der Waals surface area contributed by atoms with Crippen LogP contribution in [0.5, 0.6) is 5.75 Å². The largest absolute Gasteiger partial charge is 0.493 e.